The Morgan fingerprint density at radius 2 is 1.77 bits per heavy atom. The number of ether oxygens (including phenoxy) is 1. The van der Waals surface area contributed by atoms with Gasteiger partial charge in [0.1, 0.15) is 6.04 Å². The van der Waals surface area contributed by atoms with Crippen LogP contribution in [0.1, 0.15) is 47.3 Å². The molecule has 0 saturated carbocycles. The lowest BCUT2D eigenvalue weighted by molar-refractivity contribution is -0.117. The molecule has 2 aromatic rings. The van der Waals surface area contributed by atoms with Crippen LogP contribution < -0.4 is 9.62 Å². The summed E-state index contributed by atoms with van der Waals surface area (Å²) in [5, 5.41) is 2.80. The van der Waals surface area contributed by atoms with E-state index in [-0.39, 0.29) is 13.0 Å². The molecule has 168 valence electrons. The summed E-state index contributed by atoms with van der Waals surface area (Å²) in [7, 11) is -3.75. The quantitative estimate of drug-likeness (QED) is 0.620. The van der Waals surface area contributed by atoms with Crippen LogP contribution in [0.4, 0.5) is 11.4 Å². The highest BCUT2D eigenvalue weighted by molar-refractivity contribution is 7.92. The molecule has 0 bridgehead atoms. The summed E-state index contributed by atoms with van der Waals surface area (Å²) in [5.74, 6) is -0.950. The van der Waals surface area contributed by atoms with Crippen LogP contribution in [0.2, 0.25) is 0 Å². The molecule has 1 atom stereocenters. The fraction of sp³-hybridized carbons (Fsp3) is 0.391. The van der Waals surface area contributed by atoms with Crippen molar-refractivity contribution < 1.29 is 22.7 Å². The zero-order chi connectivity index (χ0) is 23.3. The van der Waals surface area contributed by atoms with Crippen molar-refractivity contribution in [3.63, 3.8) is 0 Å². The zero-order valence-electron chi connectivity index (χ0n) is 18.9. The van der Waals surface area contributed by atoms with Crippen molar-refractivity contribution in [2.45, 2.75) is 47.1 Å². The van der Waals surface area contributed by atoms with Crippen molar-refractivity contribution in [3.05, 3.63) is 58.7 Å². The highest BCUT2D eigenvalue weighted by atomic mass is 32.2. The molecule has 0 heterocycles. The van der Waals surface area contributed by atoms with Crippen molar-refractivity contribution in [1.82, 2.24) is 0 Å². The minimum absolute atomic E-state index is 0.242. The number of sulfonamides is 1. The summed E-state index contributed by atoms with van der Waals surface area (Å²) in [4.78, 5) is 25.4. The first-order chi connectivity index (χ1) is 14.5. The van der Waals surface area contributed by atoms with E-state index in [0.717, 1.165) is 17.4 Å². The third-order valence-corrected chi connectivity index (χ3v) is 6.18. The van der Waals surface area contributed by atoms with E-state index in [1.807, 2.05) is 26.0 Å². The summed E-state index contributed by atoms with van der Waals surface area (Å²) in [6.07, 6.45) is 1.36. The number of rotatable bonds is 8. The molecule has 0 aromatic heterocycles. The van der Waals surface area contributed by atoms with Gasteiger partial charge < -0.3 is 10.1 Å². The van der Waals surface area contributed by atoms with Gasteiger partial charge in [0.2, 0.25) is 15.9 Å². The van der Waals surface area contributed by atoms with Crippen molar-refractivity contribution in [2.24, 2.45) is 0 Å². The van der Waals surface area contributed by atoms with Gasteiger partial charge in [0, 0.05) is 5.69 Å². The number of amides is 1. The van der Waals surface area contributed by atoms with Gasteiger partial charge in [0.05, 0.1) is 24.1 Å². The second-order valence-electron chi connectivity index (χ2n) is 7.46. The second kappa shape index (κ2) is 9.96. The molecule has 2 rings (SSSR count). The van der Waals surface area contributed by atoms with Crippen molar-refractivity contribution in [1.29, 1.82) is 0 Å². The predicted octanol–water partition coefficient (Wildman–Crippen LogP) is 3.97. The summed E-state index contributed by atoms with van der Waals surface area (Å²) >= 11 is 0. The summed E-state index contributed by atoms with van der Waals surface area (Å²) < 4.78 is 31.7. The van der Waals surface area contributed by atoms with Gasteiger partial charge in [-0.25, -0.2) is 13.2 Å². The minimum atomic E-state index is -3.75. The third-order valence-electron chi connectivity index (χ3n) is 5.02. The van der Waals surface area contributed by atoms with E-state index in [9.17, 15) is 18.0 Å². The first-order valence-corrected chi connectivity index (χ1v) is 12.0. The Hall–Kier alpha value is -2.87. The van der Waals surface area contributed by atoms with Crippen LogP contribution >= 0.6 is 0 Å². The number of hydrogen-bond acceptors (Lipinski definition) is 5. The van der Waals surface area contributed by atoms with Gasteiger partial charge in [-0.2, -0.15) is 0 Å². The highest BCUT2D eigenvalue weighted by Gasteiger charge is 2.33. The van der Waals surface area contributed by atoms with E-state index in [4.69, 9.17) is 4.74 Å². The van der Waals surface area contributed by atoms with Gasteiger partial charge in [-0.05, 0) is 69.0 Å². The molecule has 2 aromatic carbocycles. The third kappa shape index (κ3) is 5.64. The number of nitrogens with one attached hydrogen (secondary N) is 1. The van der Waals surface area contributed by atoms with E-state index in [1.54, 1.807) is 45.0 Å². The van der Waals surface area contributed by atoms with E-state index >= 15 is 0 Å². The Morgan fingerprint density at radius 3 is 2.35 bits per heavy atom. The number of carbonyl (C=O) groups is 2. The van der Waals surface area contributed by atoms with E-state index in [1.165, 1.54) is 4.31 Å². The van der Waals surface area contributed by atoms with Crippen LogP contribution in [-0.4, -0.2) is 39.2 Å². The van der Waals surface area contributed by atoms with Gasteiger partial charge in [0.15, 0.2) is 0 Å². The molecule has 0 saturated heterocycles. The van der Waals surface area contributed by atoms with Gasteiger partial charge in [-0.1, -0.05) is 25.1 Å². The number of benzene rings is 2. The van der Waals surface area contributed by atoms with Gasteiger partial charge in [-0.3, -0.25) is 9.10 Å². The zero-order valence-corrected chi connectivity index (χ0v) is 19.7. The molecule has 0 radical (unpaired) electrons. The molecule has 0 spiro atoms. The van der Waals surface area contributed by atoms with Gasteiger partial charge in [-0.15, -0.1) is 0 Å². The molecule has 31 heavy (non-hydrogen) atoms. The monoisotopic (exact) mass is 446 g/mol. The molecular formula is C23H30N2O5S. The molecule has 0 aliphatic carbocycles. The Kier molecular flexibility index (Phi) is 7.84. The fourth-order valence-corrected chi connectivity index (χ4v) is 4.67. The Bertz CT molecular complexity index is 1080. The molecule has 7 nitrogen and oxygen atoms in total. The maximum Gasteiger partial charge on any atom is 0.338 e. The second-order valence-corrected chi connectivity index (χ2v) is 9.32. The van der Waals surface area contributed by atoms with Crippen LogP contribution in [0.15, 0.2) is 36.4 Å². The number of anilines is 2. The number of carbonyl (C=O) groups excluding carboxylic acids is 2. The first-order valence-electron chi connectivity index (χ1n) is 10.2. The topological polar surface area (TPSA) is 92.8 Å². The maximum atomic E-state index is 13.2. The molecule has 1 N–H and O–H groups in total. The smallest absolute Gasteiger partial charge is 0.338 e. The van der Waals surface area contributed by atoms with Crippen LogP contribution in [0.25, 0.3) is 0 Å². The van der Waals surface area contributed by atoms with E-state index in [0.29, 0.717) is 22.5 Å². The summed E-state index contributed by atoms with van der Waals surface area (Å²) in [5.41, 5.74) is 3.46. The number of aryl methyl sites for hydroxylation is 2. The van der Waals surface area contributed by atoms with E-state index in [2.05, 4.69) is 5.32 Å². The Balaban J connectivity index is 2.45. The average molecular weight is 447 g/mol. The summed E-state index contributed by atoms with van der Waals surface area (Å²) in [6, 6.07) is 9.48. The molecule has 0 fully saturated rings. The Labute approximate surface area is 184 Å². The number of hydrogen-bond donors (Lipinski definition) is 1. The lowest BCUT2D eigenvalue weighted by Gasteiger charge is -2.31. The van der Waals surface area contributed by atoms with Crippen molar-refractivity contribution >= 4 is 33.3 Å². The Morgan fingerprint density at radius 1 is 1.10 bits per heavy atom. The lowest BCUT2D eigenvalue weighted by atomic mass is 10.1. The SMILES string of the molecule is CCOC(=O)c1cccc(NC(=O)[C@@H](CC)N(c2cc(C)ccc2C)S(C)(=O)=O)c1C. The van der Waals surface area contributed by atoms with Crippen LogP contribution in [-0.2, 0) is 19.6 Å². The maximum absolute atomic E-state index is 13.2. The molecule has 0 aliphatic heterocycles. The van der Waals surface area contributed by atoms with Crippen LogP contribution in [0, 0.1) is 20.8 Å². The number of nitrogens with zero attached hydrogens (tertiary/aromatic N) is 1. The standard InChI is InChI=1S/C23H30N2O5S/c1-7-20(25(31(6,28)29)21-14-15(3)12-13-16(21)4)22(26)24-19-11-9-10-18(17(19)5)23(27)30-8-2/h9-14,20H,7-8H2,1-6H3,(H,24,26)/t20-/m1/s1. The summed E-state index contributed by atoms with van der Waals surface area (Å²) in [6.45, 7) is 9.11. The minimum Gasteiger partial charge on any atom is -0.462 e. The molecule has 8 heteroatoms. The number of esters is 1. The normalized spacial score (nSPS) is 12.2. The van der Waals surface area contributed by atoms with Gasteiger partial charge >= 0.3 is 5.97 Å². The van der Waals surface area contributed by atoms with Crippen molar-refractivity contribution in [3.8, 4) is 0 Å². The lowest BCUT2D eigenvalue weighted by Crippen LogP contribution is -2.47. The van der Waals surface area contributed by atoms with Gasteiger partial charge in [0.25, 0.3) is 0 Å². The predicted molar refractivity (Wildman–Crippen MR) is 123 cm³/mol. The fourth-order valence-electron chi connectivity index (χ4n) is 3.41. The van der Waals surface area contributed by atoms with Crippen LogP contribution in [0.3, 0.4) is 0 Å². The molecular weight excluding hydrogens is 416 g/mol. The largest absolute Gasteiger partial charge is 0.462 e. The van der Waals surface area contributed by atoms with Crippen LogP contribution in [0.5, 0.6) is 0 Å². The average Bonchev–Trinajstić information content (AvgIpc) is 2.68. The van der Waals surface area contributed by atoms with E-state index < -0.39 is 27.9 Å². The molecule has 0 aliphatic rings. The molecule has 1 amide bonds. The van der Waals surface area contributed by atoms with Crippen molar-refractivity contribution in [2.75, 3.05) is 22.5 Å². The first kappa shape index (κ1) is 24.4. The molecule has 0 unspecified atom stereocenters. The highest BCUT2D eigenvalue weighted by Crippen LogP contribution is 2.28.